The number of amides is 2. The fraction of sp³-hybridized carbons (Fsp3) is 0.481. The Bertz CT molecular complexity index is 1040. The van der Waals surface area contributed by atoms with Crippen LogP contribution in [0.2, 0.25) is 0 Å². The zero-order valence-electron chi connectivity index (χ0n) is 21.0. The summed E-state index contributed by atoms with van der Waals surface area (Å²) in [5.74, 6) is 0.491. The van der Waals surface area contributed by atoms with Gasteiger partial charge in [-0.05, 0) is 50.5 Å². The van der Waals surface area contributed by atoms with Gasteiger partial charge in [-0.15, -0.1) is 0 Å². The van der Waals surface area contributed by atoms with E-state index in [-0.39, 0.29) is 24.0 Å². The van der Waals surface area contributed by atoms with Crippen LogP contribution in [0.15, 0.2) is 36.4 Å². The van der Waals surface area contributed by atoms with E-state index < -0.39 is 0 Å². The predicted molar refractivity (Wildman–Crippen MR) is 134 cm³/mol. The summed E-state index contributed by atoms with van der Waals surface area (Å²) in [4.78, 5) is 30.5. The third-order valence-corrected chi connectivity index (χ3v) is 6.51. The molecule has 8 heteroatoms. The SMILES string of the molecule is COc1cc(NC(=O)c2ccc(CN3CC(C)OC(C)C3)cc2)c(C(=O)N2CCCC2)cc1OC. The Balaban J connectivity index is 1.51. The number of likely N-dealkylation sites (tertiary alicyclic amines) is 1. The molecule has 2 amide bonds. The van der Waals surface area contributed by atoms with Crippen LogP contribution >= 0.6 is 0 Å². The second-order valence-electron chi connectivity index (χ2n) is 9.35. The summed E-state index contributed by atoms with van der Waals surface area (Å²) in [5.41, 5.74) is 2.46. The lowest BCUT2D eigenvalue weighted by Crippen LogP contribution is -2.44. The van der Waals surface area contributed by atoms with E-state index in [2.05, 4.69) is 24.1 Å². The molecule has 1 N–H and O–H groups in total. The van der Waals surface area contributed by atoms with E-state index in [0.717, 1.165) is 38.0 Å². The van der Waals surface area contributed by atoms with Gasteiger partial charge in [0.15, 0.2) is 11.5 Å². The van der Waals surface area contributed by atoms with Crippen molar-refractivity contribution >= 4 is 17.5 Å². The molecule has 0 aromatic heterocycles. The van der Waals surface area contributed by atoms with Gasteiger partial charge in [0.25, 0.3) is 11.8 Å². The van der Waals surface area contributed by atoms with Gasteiger partial charge in [0.2, 0.25) is 0 Å². The van der Waals surface area contributed by atoms with Crippen LogP contribution in [0, 0.1) is 0 Å². The van der Waals surface area contributed by atoms with Crippen LogP contribution in [0.5, 0.6) is 11.5 Å². The lowest BCUT2D eigenvalue weighted by molar-refractivity contribution is -0.0704. The van der Waals surface area contributed by atoms with Crippen LogP contribution in [-0.2, 0) is 11.3 Å². The normalized spacial score (nSPS) is 20.5. The molecule has 0 radical (unpaired) electrons. The van der Waals surface area contributed by atoms with Crippen LogP contribution in [0.3, 0.4) is 0 Å². The molecule has 35 heavy (non-hydrogen) atoms. The highest BCUT2D eigenvalue weighted by molar-refractivity contribution is 6.09. The molecule has 2 aliphatic heterocycles. The predicted octanol–water partition coefficient (Wildman–Crippen LogP) is 3.80. The number of carbonyl (C=O) groups is 2. The van der Waals surface area contributed by atoms with Gasteiger partial charge in [0.05, 0.1) is 37.7 Å². The fourth-order valence-corrected chi connectivity index (χ4v) is 4.88. The number of hydrogen-bond donors (Lipinski definition) is 1. The molecule has 8 nitrogen and oxygen atoms in total. The topological polar surface area (TPSA) is 80.3 Å². The van der Waals surface area contributed by atoms with Crippen molar-refractivity contribution in [2.24, 2.45) is 0 Å². The molecular formula is C27H35N3O5. The maximum atomic E-state index is 13.2. The molecule has 0 bridgehead atoms. The lowest BCUT2D eigenvalue weighted by Gasteiger charge is -2.35. The number of hydrogen-bond acceptors (Lipinski definition) is 6. The van der Waals surface area contributed by atoms with E-state index in [9.17, 15) is 9.59 Å². The molecule has 2 aromatic rings. The van der Waals surface area contributed by atoms with Gasteiger partial charge in [0, 0.05) is 44.4 Å². The van der Waals surface area contributed by atoms with E-state index in [1.54, 1.807) is 17.0 Å². The highest BCUT2D eigenvalue weighted by Gasteiger charge is 2.25. The maximum Gasteiger partial charge on any atom is 0.256 e. The number of anilines is 1. The number of nitrogens with one attached hydrogen (secondary N) is 1. The molecule has 2 heterocycles. The number of nitrogens with zero attached hydrogens (tertiary/aromatic N) is 2. The van der Waals surface area contributed by atoms with E-state index in [0.29, 0.717) is 41.4 Å². The average molecular weight is 482 g/mol. The third-order valence-electron chi connectivity index (χ3n) is 6.51. The number of morpholine rings is 1. The number of rotatable bonds is 7. The minimum absolute atomic E-state index is 0.122. The first kappa shape index (κ1) is 25.0. The molecule has 188 valence electrons. The van der Waals surface area contributed by atoms with Crippen molar-refractivity contribution in [3.63, 3.8) is 0 Å². The fourth-order valence-electron chi connectivity index (χ4n) is 4.88. The smallest absolute Gasteiger partial charge is 0.256 e. The number of carbonyl (C=O) groups excluding carboxylic acids is 2. The third kappa shape index (κ3) is 5.94. The first-order chi connectivity index (χ1) is 16.9. The van der Waals surface area contributed by atoms with Crippen LogP contribution < -0.4 is 14.8 Å². The summed E-state index contributed by atoms with van der Waals surface area (Å²) in [6.07, 6.45) is 2.38. The Hall–Kier alpha value is -3.10. The van der Waals surface area contributed by atoms with Gasteiger partial charge in [0.1, 0.15) is 0 Å². The van der Waals surface area contributed by atoms with E-state index in [1.165, 1.54) is 14.2 Å². The Morgan fingerprint density at radius 2 is 1.57 bits per heavy atom. The molecule has 2 aliphatic rings. The molecule has 2 saturated heterocycles. The van der Waals surface area contributed by atoms with Crippen molar-refractivity contribution in [1.82, 2.24) is 9.80 Å². The molecule has 2 atom stereocenters. The van der Waals surface area contributed by atoms with E-state index in [4.69, 9.17) is 14.2 Å². The summed E-state index contributed by atoms with van der Waals surface area (Å²) in [6.45, 7) is 8.19. The highest BCUT2D eigenvalue weighted by atomic mass is 16.5. The zero-order chi connectivity index (χ0) is 24.9. The second kappa shape index (κ2) is 11.1. The van der Waals surface area contributed by atoms with Crippen molar-refractivity contribution in [1.29, 1.82) is 0 Å². The number of benzene rings is 2. The average Bonchev–Trinajstić information content (AvgIpc) is 3.38. The van der Waals surface area contributed by atoms with Crippen LogP contribution in [0.25, 0.3) is 0 Å². The number of methoxy groups -OCH3 is 2. The molecule has 2 unspecified atom stereocenters. The number of ether oxygens (including phenoxy) is 3. The Morgan fingerprint density at radius 3 is 2.17 bits per heavy atom. The van der Waals surface area contributed by atoms with Crippen LogP contribution in [0.1, 0.15) is 53.0 Å². The highest BCUT2D eigenvalue weighted by Crippen LogP contribution is 2.34. The van der Waals surface area contributed by atoms with Gasteiger partial charge in [-0.2, -0.15) is 0 Å². The molecular weight excluding hydrogens is 446 g/mol. The zero-order valence-corrected chi connectivity index (χ0v) is 21.0. The van der Waals surface area contributed by atoms with E-state index in [1.807, 2.05) is 24.3 Å². The first-order valence-corrected chi connectivity index (χ1v) is 12.2. The molecule has 4 rings (SSSR count). The van der Waals surface area contributed by atoms with Crippen molar-refractivity contribution in [2.75, 3.05) is 45.7 Å². The largest absolute Gasteiger partial charge is 0.493 e. The van der Waals surface area contributed by atoms with Crippen molar-refractivity contribution in [2.45, 2.75) is 45.4 Å². The first-order valence-electron chi connectivity index (χ1n) is 12.2. The molecule has 0 saturated carbocycles. The van der Waals surface area contributed by atoms with Gasteiger partial charge in [-0.25, -0.2) is 0 Å². The second-order valence-corrected chi connectivity index (χ2v) is 9.35. The summed E-state index contributed by atoms with van der Waals surface area (Å²) >= 11 is 0. The maximum absolute atomic E-state index is 13.2. The van der Waals surface area contributed by atoms with Gasteiger partial charge >= 0.3 is 0 Å². The van der Waals surface area contributed by atoms with Gasteiger partial charge in [-0.1, -0.05) is 12.1 Å². The standard InChI is InChI=1S/C27H35N3O5/c1-18-15-29(16-19(2)35-18)17-20-7-9-21(10-8-20)26(31)28-23-14-25(34-4)24(33-3)13-22(23)27(32)30-11-5-6-12-30/h7-10,13-14,18-19H,5-6,11-12,15-17H2,1-4H3,(H,28,31). The lowest BCUT2D eigenvalue weighted by atomic mass is 10.1. The summed E-state index contributed by atoms with van der Waals surface area (Å²) in [6, 6.07) is 10.9. The van der Waals surface area contributed by atoms with Crippen molar-refractivity contribution in [3.8, 4) is 11.5 Å². The minimum Gasteiger partial charge on any atom is -0.493 e. The summed E-state index contributed by atoms with van der Waals surface area (Å²) in [5, 5.41) is 2.92. The minimum atomic E-state index is -0.284. The van der Waals surface area contributed by atoms with Gasteiger partial charge in [-0.3, -0.25) is 14.5 Å². The van der Waals surface area contributed by atoms with E-state index >= 15 is 0 Å². The summed E-state index contributed by atoms with van der Waals surface area (Å²) < 4.78 is 16.6. The van der Waals surface area contributed by atoms with Crippen molar-refractivity contribution in [3.05, 3.63) is 53.1 Å². The van der Waals surface area contributed by atoms with Crippen molar-refractivity contribution < 1.29 is 23.8 Å². The molecule has 0 aliphatic carbocycles. The van der Waals surface area contributed by atoms with Crippen LogP contribution in [-0.4, -0.2) is 74.2 Å². The Kier molecular flexibility index (Phi) is 7.93. The Labute approximate surface area is 207 Å². The molecule has 2 aromatic carbocycles. The quantitative estimate of drug-likeness (QED) is 0.648. The molecule has 2 fully saturated rings. The monoisotopic (exact) mass is 481 g/mol. The Morgan fingerprint density at radius 1 is 0.971 bits per heavy atom. The molecule has 0 spiro atoms. The van der Waals surface area contributed by atoms with Crippen LogP contribution in [0.4, 0.5) is 5.69 Å². The van der Waals surface area contributed by atoms with Gasteiger partial charge < -0.3 is 24.4 Å². The summed E-state index contributed by atoms with van der Waals surface area (Å²) in [7, 11) is 3.06.